The van der Waals surface area contributed by atoms with Crippen molar-refractivity contribution in [1.29, 1.82) is 0 Å². The van der Waals surface area contributed by atoms with E-state index in [0.29, 0.717) is 41.7 Å². The highest BCUT2D eigenvalue weighted by atomic mass is 28.4. The first-order chi connectivity index (χ1) is 40.2. The van der Waals surface area contributed by atoms with Crippen LogP contribution in [0.3, 0.4) is 0 Å². The van der Waals surface area contributed by atoms with Crippen molar-refractivity contribution in [1.82, 2.24) is 0 Å². The molecule has 0 aromatic heterocycles. The largest absolute Gasteiger partial charge is 0.547 e. The summed E-state index contributed by atoms with van der Waals surface area (Å²) < 4.78 is 28.2. The number of hydrogen-bond acceptors (Lipinski definition) is 12. The molecule has 7 aliphatic rings. The second-order valence-corrected chi connectivity index (χ2v) is 36.4. The highest BCUT2D eigenvalue weighted by Crippen LogP contribution is 2.55. The number of ether oxygens (including phenoxy) is 4. The van der Waals surface area contributed by atoms with Crippen molar-refractivity contribution < 1.29 is 57.2 Å². The van der Waals surface area contributed by atoms with Crippen LogP contribution in [-0.4, -0.2) is 76.9 Å². The number of allylic oxidation sites excluding steroid dienone is 4. The average Bonchev–Trinajstić information content (AvgIpc) is 1.71. The summed E-state index contributed by atoms with van der Waals surface area (Å²) in [5, 5.41) is 11.1. The first-order valence-electron chi connectivity index (χ1n) is 33.8. The number of esters is 4. The van der Waals surface area contributed by atoms with Crippen molar-refractivity contribution in [2.24, 2.45) is 63.1 Å². The lowest BCUT2D eigenvalue weighted by Gasteiger charge is -2.52. The van der Waals surface area contributed by atoms with E-state index in [1.165, 1.54) is 43.9 Å². The van der Waals surface area contributed by atoms with Crippen LogP contribution in [0.25, 0.3) is 0 Å². The molecule has 504 valence electrons. The molecule has 12 nitrogen and oxygen atoms in total. The molecule has 1 aliphatic heterocycles. The quantitative estimate of drug-likeness (QED) is 0.0901. The van der Waals surface area contributed by atoms with Gasteiger partial charge in [0.1, 0.15) is 34.0 Å². The van der Waals surface area contributed by atoms with Gasteiger partial charge in [-0.15, -0.1) is 26.3 Å². The van der Waals surface area contributed by atoms with E-state index < -0.39 is 41.6 Å². The Morgan fingerprint density at radius 1 is 0.614 bits per heavy atom. The van der Waals surface area contributed by atoms with Crippen molar-refractivity contribution in [2.45, 2.75) is 314 Å². The summed E-state index contributed by atoms with van der Waals surface area (Å²) in [5.74, 6) is 3.12. The second kappa shape index (κ2) is 32.4. The molecule has 6 fully saturated rings. The van der Waals surface area contributed by atoms with E-state index in [-0.39, 0.29) is 70.9 Å². The molecule has 1 saturated heterocycles. The van der Waals surface area contributed by atoms with Crippen molar-refractivity contribution in [3.05, 3.63) is 62.0 Å². The van der Waals surface area contributed by atoms with Gasteiger partial charge in [0.05, 0.1) is 30.6 Å². The van der Waals surface area contributed by atoms with Crippen molar-refractivity contribution in [3.63, 3.8) is 0 Å². The lowest BCUT2D eigenvalue weighted by atomic mass is 9.58. The van der Waals surface area contributed by atoms with Crippen LogP contribution in [-0.2, 0) is 52.1 Å². The van der Waals surface area contributed by atoms with Crippen LogP contribution in [0.15, 0.2) is 62.0 Å². The molecule has 0 spiro atoms. The third kappa shape index (κ3) is 22.1. The molecule has 0 aromatic rings. The zero-order chi connectivity index (χ0) is 67.9. The molecule has 1 N–H and O–H groups in total. The number of ketones is 2. The van der Waals surface area contributed by atoms with Crippen molar-refractivity contribution >= 4 is 43.8 Å². The topological polar surface area (TPSA) is 169 Å². The van der Waals surface area contributed by atoms with Crippen LogP contribution in [0, 0.1) is 63.1 Å². The highest BCUT2D eigenvalue weighted by Gasteiger charge is 2.58. The Morgan fingerprint density at radius 3 is 1.56 bits per heavy atom. The first kappa shape index (κ1) is 80.0. The fourth-order valence-corrected chi connectivity index (χ4v) is 15.9. The van der Waals surface area contributed by atoms with Crippen LogP contribution in [0.2, 0.25) is 19.6 Å². The number of aliphatic hydroxyl groups is 1. The molecule has 6 aliphatic carbocycles. The number of carbonyl (C=O) groups excluding carboxylic acids is 6. The summed E-state index contributed by atoms with van der Waals surface area (Å²) in [7, 11) is -1.39. The average molecular weight is 1250 g/mol. The molecule has 4 unspecified atom stereocenters. The Labute approximate surface area is 537 Å². The molecule has 1 heterocycles. The SMILES string of the molecule is C=C[C@@]1(C)CCC[C@@H](C)C1=O.C=C[C@@]1(C)CCC[C@@H](C)[C@@]1(CC(=O)OC(C)(C)C)OC(C)=O.C=C[C@@]1(C)CCC[C@@H](C)[C@]1(O)CC(=O)OC(C)(C)C.C=C[C@@]1(C)CCC[C@]2(C)OC(=O)CC12.CC1=C(O[Si](C)(C)C)C(C)CCC1.CC1CCCC(C)C1=O. The summed E-state index contributed by atoms with van der Waals surface area (Å²) in [6.45, 7) is 59.5. The van der Waals surface area contributed by atoms with Gasteiger partial charge in [0, 0.05) is 52.8 Å². The zero-order valence-electron chi connectivity index (χ0n) is 60.0. The second-order valence-electron chi connectivity index (χ2n) is 31.9. The Kier molecular flexibility index (Phi) is 29.5. The highest BCUT2D eigenvalue weighted by molar-refractivity contribution is 6.70. The fraction of sp³-hybridized carbons (Fsp3) is 0.787. The molecule has 14 atom stereocenters. The van der Waals surface area contributed by atoms with Crippen LogP contribution in [0.1, 0.15) is 266 Å². The van der Waals surface area contributed by atoms with Gasteiger partial charge in [0.25, 0.3) is 0 Å². The third-order valence-electron chi connectivity index (χ3n) is 20.7. The number of rotatable bonds is 11. The predicted molar refractivity (Wildman–Crippen MR) is 361 cm³/mol. The molecular formula is C75H128O12Si. The summed E-state index contributed by atoms with van der Waals surface area (Å²) in [6, 6.07) is 0. The smallest absolute Gasteiger partial charge is 0.310 e. The maximum absolute atomic E-state index is 12.4. The molecule has 0 bridgehead atoms. The maximum atomic E-state index is 12.4. The Morgan fingerprint density at radius 2 is 1.10 bits per heavy atom. The standard InChI is InChI=1S/C18H30O4.C16H28O3.C12H18O2.C11H22OSi.C10H16O.C8H14O/c1-8-17(7)11-9-10-13(2)18(17,21-14(3)19)12-15(20)22-16(4,5)6;1-7-15(6)10-8-9-12(2)16(15,18)11-13(17)19-14(3,4)5;1-4-11(2)6-5-7-12(3)9(11)8-10(13)14-12;1-9-7-6-8-10(2)11(9)12-13(3,4)5;1-4-10(3)7-5-6-8(2)9(10)11;1-6-4-3-5-7(2)8(6)9/h8,13H,1,9-12H2,2-7H3;7,12,18H,1,8-11H2,2-6H3;4,9H,1,5-8H2,2-3H3;9H,6-8H2,1-5H3;4,8H,1,5-7H2,2-3H3;6-7H,3-5H2,1-2H3/t13-,17+,18-;12-,15+,16-;9?,11-,12-;;8-,10+;/m110.1./s1. The normalized spacial score (nSPS) is 35.5. The molecule has 13 heteroatoms. The Bertz CT molecular complexity index is 2430. The van der Waals surface area contributed by atoms with Gasteiger partial charge in [-0.05, 0) is 195 Å². The fourth-order valence-electron chi connectivity index (χ4n) is 14.9. The monoisotopic (exact) mass is 1250 g/mol. The van der Waals surface area contributed by atoms with Crippen LogP contribution in [0.4, 0.5) is 0 Å². The van der Waals surface area contributed by atoms with Gasteiger partial charge in [-0.2, -0.15) is 0 Å². The molecule has 5 saturated carbocycles. The molecule has 0 radical (unpaired) electrons. The minimum atomic E-state index is -1.39. The van der Waals surface area contributed by atoms with E-state index in [0.717, 1.165) is 89.9 Å². The Hall–Kier alpha value is -4.10. The van der Waals surface area contributed by atoms with Crippen LogP contribution in [0.5, 0.6) is 0 Å². The van der Waals surface area contributed by atoms with E-state index in [2.05, 4.69) is 73.7 Å². The number of Topliss-reactive ketones (excluding diaryl/α,β-unsaturated/α-hetero) is 2. The summed E-state index contributed by atoms with van der Waals surface area (Å²) in [5.41, 5.74) is -2.77. The predicted octanol–water partition coefficient (Wildman–Crippen LogP) is 18.7. The first-order valence-corrected chi connectivity index (χ1v) is 37.2. The third-order valence-corrected chi connectivity index (χ3v) is 21.6. The van der Waals surface area contributed by atoms with Gasteiger partial charge < -0.3 is 28.5 Å². The van der Waals surface area contributed by atoms with Gasteiger partial charge in [0.15, 0.2) is 0 Å². The van der Waals surface area contributed by atoms with Crippen LogP contribution >= 0.6 is 0 Å². The number of carbonyl (C=O) groups is 6. The minimum Gasteiger partial charge on any atom is -0.547 e. The van der Waals surface area contributed by atoms with E-state index in [9.17, 15) is 33.9 Å². The number of fused-ring (bicyclic) bond motifs is 1. The zero-order valence-corrected chi connectivity index (χ0v) is 61.0. The van der Waals surface area contributed by atoms with Crippen molar-refractivity contribution in [3.8, 4) is 0 Å². The molecule has 0 amide bonds. The van der Waals surface area contributed by atoms with E-state index >= 15 is 0 Å². The lowest BCUT2D eigenvalue weighted by Crippen LogP contribution is -2.57. The van der Waals surface area contributed by atoms with E-state index in [4.69, 9.17) is 23.4 Å². The van der Waals surface area contributed by atoms with Gasteiger partial charge in [-0.3, -0.25) is 28.8 Å². The van der Waals surface area contributed by atoms with Gasteiger partial charge >= 0.3 is 23.9 Å². The summed E-state index contributed by atoms with van der Waals surface area (Å²) in [6.07, 6.45) is 27.6. The van der Waals surface area contributed by atoms with Crippen LogP contribution < -0.4 is 0 Å². The molecule has 7 rings (SSSR count). The van der Waals surface area contributed by atoms with Gasteiger partial charge in [-0.1, -0.05) is 112 Å². The van der Waals surface area contributed by atoms with Gasteiger partial charge in [-0.25, -0.2) is 0 Å². The molecule has 0 aromatic carbocycles. The Balaban J connectivity index is 0.000000368. The maximum Gasteiger partial charge on any atom is 0.310 e. The van der Waals surface area contributed by atoms with Gasteiger partial charge in [0.2, 0.25) is 8.32 Å². The minimum absolute atomic E-state index is 0.0347. The lowest BCUT2D eigenvalue weighted by molar-refractivity contribution is -0.198. The molecular weight excluding hydrogens is 1120 g/mol. The summed E-state index contributed by atoms with van der Waals surface area (Å²) >= 11 is 0. The summed E-state index contributed by atoms with van der Waals surface area (Å²) in [4.78, 5) is 70.3. The molecule has 88 heavy (non-hydrogen) atoms. The number of hydrogen-bond donors (Lipinski definition) is 1. The van der Waals surface area contributed by atoms with E-state index in [1.54, 1.807) is 6.08 Å². The van der Waals surface area contributed by atoms with E-state index in [1.807, 2.05) is 115 Å². The van der Waals surface area contributed by atoms with Crippen molar-refractivity contribution in [2.75, 3.05) is 0 Å².